The number of hydrogen-bond donors (Lipinski definition) is 2. The van der Waals surface area contributed by atoms with E-state index >= 15 is 0 Å². The molecule has 0 amide bonds. The molecule has 2 aromatic heterocycles. The normalized spacial score (nSPS) is 10.4. The third-order valence-electron chi connectivity index (χ3n) is 4.36. The quantitative estimate of drug-likeness (QED) is 0.425. The highest BCUT2D eigenvalue weighted by atomic mass is 16.5. The molecule has 0 aliphatic heterocycles. The number of benzene rings is 2. The first-order valence-corrected chi connectivity index (χ1v) is 9.71. The lowest BCUT2D eigenvalue weighted by Crippen LogP contribution is -2.09. The van der Waals surface area contributed by atoms with E-state index in [9.17, 15) is 4.79 Å². The summed E-state index contributed by atoms with van der Waals surface area (Å²) in [7, 11) is 0. The van der Waals surface area contributed by atoms with Gasteiger partial charge < -0.3 is 15.4 Å². The lowest BCUT2D eigenvalue weighted by Gasteiger charge is -2.11. The molecule has 2 heterocycles. The highest BCUT2D eigenvalue weighted by Crippen LogP contribution is 2.23. The molecule has 2 aromatic carbocycles. The SMILES string of the molecule is CCOC(=O)c1cncnc1Nc1ccc(Nc2cc(-c3ccccc3)ncn2)cc1. The van der Waals surface area contributed by atoms with Gasteiger partial charge in [-0.3, -0.25) is 0 Å². The van der Waals surface area contributed by atoms with Gasteiger partial charge in [0.25, 0.3) is 0 Å². The molecule has 0 aliphatic rings. The van der Waals surface area contributed by atoms with Gasteiger partial charge in [-0.1, -0.05) is 30.3 Å². The summed E-state index contributed by atoms with van der Waals surface area (Å²) < 4.78 is 5.05. The van der Waals surface area contributed by atoms with Crippen LogP contribution >= 0.6 is 0 Å². The van der Waals surface area contributed by atoms with Gasteiger partial charge in [-0.25, -0.2) is 24.7 Å². The van der Waals surface area contributed by atoms with E-state index in [2.05, 4.69) is 30.6 Å². The van der Waals surface area contributed by atoms with Crippen LogP contribution in [0.4, 0.5) is 23.0 Å². The number of nitrogens with one attached hydrogen (secondary N) is 2. The predicted octanol–water partition coefficient (Wildman–Crippen LogP) is 4.60. The average molecular weight is 412 g/mol. The maximum absolute atomic E-state index is 12.1. The first-order chi connectivity index (χ1) is 15.2. The number of nitrogens with zero attached hydrogens (tertiary/aromatic N) is 4. The average Bonchev–Trinajstić information content (AvgIpc) is 2.82. The fourth-order valence-electron chi connectivity index (χ4n) is 2.90. The lowest BCUT2D eigenvalue weighted by molar-refractivity contribution is 0.0526. The van der Waals surface area contributed by atoms with Crippen LogP contribution in [-0.2, 0) is 4.74 Å². The minimum absolute atomic E-state index is 0.279. The van der Waals surface area contributed by atoms with Crippen LogP contribution in [0.25, 0.3) is 11.3 Å². The number of rotatable bonds is 7. The first-order valence-electron chi connectivity index (χ1n) is 9.71. The second-order valence-corrected chi connectivity index (χ2v) is 6.49. The van der Waals surface area contributed by atoms with Crippen molar-refractivity contribution in [2.45, 2.75) is 6.92 Å². The van der Waals surface area contributed by atoms with Crippen molar-refractivity contribution in [1.29, 1.82) is 0 Å². The molecule has 0 radical (unpaired) electrons. The van der Waals surface area contributed by atoms with Gasteiger partial charge in [-0.15, -0.1) is 0 Å². The van der Waals surface area contributed by atoms with Crippen molar-refractivity contribution in [2.75, 3.05) is 17.2 Å². The Bertz CT molecular complexity index is 1170. The predicted molar refractivity (Wildman–Crippen MR) is 118 cm³/mol. The van der Waals surface area contributed by atoms with Gasteiger partial charge in [0.15, 0.2) is 0 Å². The number of anilines is 4. The van der Waals surface area contributed by atoms with Crippen molar-refractivity contribution < 1.29 is 9.53 Å². The molecular formula is C23H20N6O2. The number of aromatic nitrogens is 4. The van der Waals surface area contributed by atoms with Crippen LogP contribution < -0.4 is 10.6 Å². The Morgan fingerprint density at radius 2 is 1.65 bits per heavy atom. The molecular weight excluding hydrogens is 392 g/mol. The van der Waals surface area contributed by atoms with Crippen LogP contribution in [0.2, 0.25) is 0 Å². The standard InChI is InChI=1S/C23H20N6O2/c1-2-31-23(30)19-13-24-14-27-22(19)29-18-10-8-17(9-11-18)28-21-12-20(25-15-26-21)16-6-4-3-5-7-16/h3-15H,2H2,1H3,(H,24,27,29)(H,25,26,28). The Labute approximate surface area is 179 Å². The molecule has 4 rings (SSSR count). The van der Waals surface area contributed by atoms with Crippen LogP contribution in [0.5, 0.6) is 0 Å². The van der Waals surface area contributed by atoms with Crippen LogP contribution in [0.3, 0.4) is 0 Å². The fourth-order valence-corrected chi connectivity index (χ4v) is 2.90. The number of ether oxygens (including phenoxy) is 1. The topological polar surface area (TPSA) is 102 Å². The molecule has 0 saturated heterocycles. The van der Waals surface area contributed by atoms with Crippen LogP contribution in [0, 0.1) is 0 Å². The first kappa shape index (κ1) is 20.0. The molecule has 31 heavy (non-hydrogen) atoms. The van der Waals surface area contributed by atoms with E-state index in [0.29, 0.717) is 11.6 Å². The summed E-state index contributed by atoms with van der Waals surface area (Å²) in [5.41, 5.74) is 3.77. The van der Waals surface area contributed by atoms with Crippen LogP contribution in [-0.4, -0.2) is 32.5 Å². The molecule has 0 fully saturated rings. The van der Waals surface area contributed by atoms with Gasteiger partial charge in [0.05, 0.1) is 12.3 Å². The molecule has 0 atom stereocenters. The van der Waals surface area contributed by atoms with Gasteiger partial charge >= 0.3 is 5.97 Å². The lowest BCUT2D eigenvalue weighted by atomic mass is 10.1. The zero-order chi connectivity index (χ0) is 21.5. The summed E-state index contributed by atoms with van der Waals surface area (Å²) >= 11 is 0. The molecule has 0 saturated carbocycles. The minimum Gasteiger partial charge on any atom is -0.462 e. The highest BCUT2D eigenvalue weighted by Gasteiger charge is 2.14. The van der Waals surface area contributed by atoms with Crippen molar-refractivity contribution >= 4 is 29.0 Å². The van der Waals surface area contributed by atoms with E-state index in [1.165, 1.54) is 18.9 Å². The monoisotopic (exact) mass is 412 g/mol. The molecule has 4 aromatic rings. The maximum Gasteiger partial charge on any atom is 0.343 e. The van der Waals surface area contributed by atoms with Crippen LogP contribution in [0.15, 0.2) is 79.5 Å². The summed E-state index contributed by atoms with van der Waals surface area (Å²) in [5.74, 6) is 0.606. The summed E-state index contributed by atoms with van der Waals surface area (Å²) in [6.07, 6.45) is 4.34. The van der Waals surface area contributed by atoms with Gasteiger partial charge in [0, 0.05) is 29.2 Å². The Morgan fingerprint density at radius 1 is 0.903 bits per heavy atom. The number of carbonyl (C=O) groups is 1. The van der Waals surface area contributed by atoms with Gasteiger partial charge in [0.1, 0.15) is 29.9 Å². The molecule has 8 heteroatoms. The Balaban J connectivity index is 1.47. The fraction of sp³-hybridized carbons (Fsp3) is 0.0870. The van der Waals surface area contributed by atoms with Gasteiger partial charge in [0.2, 0.25) is 0 Å². The van der Waals surface area contributed by atoms with E-state index in [1.807, 2.05) is 60.7 Å². The minimum atomic E-state index is -0.470. The zero-order valence-electron chi connectivity index (χ0n) is 16.8. The molecule has 2 N–H and O–H groups in total. The summed E-state index contributed by atoms with van der Waals surface area (Å²) in [6.45, 7) is 2.03. The highest BCUT2D eigenvalue weighted by molar-refractivity contribution is 5.95. The third kappa shape index (κ3) is 4.99. The molecule has 154 valence electrons. The molecule has 0 bridgehead atoms. The second kappa shape index (κ2) is 9.45. The van der Waals surface area contributed by atoms with Gasteiger partial charge in [-0.2, -0.15) is 0 Å². The Morgan fingerprint density at radius 3 is 2.39 bits per heavy atom. The molecule has 8 nitrogen and oxygen atoms in total. The summed E-state index contributed by atoms with van der Waals surface area (Å²) in [6, 6.07) is 19.4. The van der Waals surface area contributed by atoms with E-state index in [1.54, 1.807) is 6.92 Å². The van der Waals surface area contributed by atoms with Crippen molar-refractivity contribution in [2.24, 2.45) is 0 Å². The van der Waals surface area contributed by atoms with Crippen molar-refractivity contribution in [3.05, 3.63) is 85.1 Å². The van der Waals surface area contributed by atoms with Crippen molar-refractivity contribution in [1.82, 2.24) is 19.9 Å². The van der Waals surface area contributed by atoms with Crippen molar-refractivity contribution in [3.8, 4) is 11.3 Å². The smallest absolute Gasteiger partial charge is 0.343 e. The maximum atomic E-state index is 12.1. The summed E-state index contributed by atoms with van der Waals surface area (Å²) in [5, 5.41) is 6.40. The van der Waals surface area contributed by atoms with E-state index in [-0.39, 0.29) is 12.2 Å². The third-order valence-corrected chi connectivity index (χ3v) is 4.36. The number of carbonyl (C=O) groups excluding carboxylic acids is 1. The summed E-state index contributed by atoms with van der Waals surface area (Å²) in [4.78, 5) is 28.8. The van der Waals surface area contributed by atoms with E-state index in [0.717, 1.165) is 22.6 Å². The number of esters is 1. The Hall–Kier alpha value is -4.33. The van der Waals surface area contributed by atoms with Crippen molar-refractivity contribution in [3.63, 3.8) is 0 Å². The van der Waals surface area contributed by atoms with Crippen LogP contribution in [0.1, 0.15) is 17.3 Å². The second-order valence-electron chi connectivity index (χ2n) is 6.49. The molecule has 0 spiro atoms. The number of hydrogen-bond acceptors (Lipinski definition) is 8. The van der Waals surface area contributed by atoms with Gasteiger partial charge in [-0.05, 0) is 31.2 Å². The van der Waals surface area contributed by atoms with E-state index < -0.39 is 5.97 Å². The Kier molecular flexibility index (Phi) is 6.08. The largest absolute Gasteiger partial charge is 0.462 e. The molecule has 0 unspecified atom stereocenters. The molecule has 0 aliphatic carbocycles. The zero-order valence-corrected chi connectivity index (χ0v) is 16.8. The van der Waals surface area contributed by atoms with E-state index in [4.69, 9.17) is 4.74 Å².